The normalized spacial score (nSPS) is 19.9. The van der Waals surface area contributed by atoms with Gasteiger partial charge < -0.3 is 20.6 Å². The van der Waals surface area contributed by atoms with Gasteiger partial charge in [0, 0.05) is 18.8 Å². The first-order valence-electron chi connectivity index (χ1n) is 13.6. The molecule has 0 bridgehead atoms. The topological polar surface area (TPSA) is 81.7 Å². The Morgan fingerprint density at radius 2 is 1.66 bits per heavy atom. The zero-order chi connectivity index (χ0) is 29.6. The van der Waals surface area contributed by atoms with Crippen molar-refractivity contribution in [1.29, 1.82) is 0 Å². The standard InChI is InChI=1S/C29H31F6N3O3/c30-28(31,32)21-9-18(10-22(13-21)29(33,34)35)15-36-26(41)27(14-17-1-2-17)5-7-38(8-6-27)16-24(39)20-4-3-19-12-25(40)37-23(19)11-20/h3-4,9-11,13,17,24,39H,1-2,5-8,12,14-16H2,(H,36,41)(H,37,40). The molecule has 1 unspecified atom stereocenters. The number of aliphatic hydroxyl groups is 1. The molecule has 2 aromatic carbocycles. The van der Waals surface area contributed by atoms with Crippen LogP contribution >= 0.6 is 0 Å². The molecule has 0 spiro atoms. The van der Waals surface area contributed by atoms with Gasteiger partial charge in [-0.15, -0.1) is 0 Å². The van der Waals surface area contributed by atoms with E-state index in [9.17, 15) is 41.0 Å². The highest BCUT2D eigenvalue weighted by atomic mass is 19.4. The van der Waals surface area contributed by atoms with Crippen LogP contribution in [0.4, 0.5) is 32.0 Å². The van der Waals surface area contributed by atoms with Gasteiger partial charge in [0.25, 0.3) is 0 Å². The van der Waals surface area contributed by atoms with E-state index in [0.717, 1.165) is 18.4 Å². The van der Waals surface area contributed by atoms with Crippen molar-refractivity contribution in [2.45, 2.75) is 63.5 Å². The van der Waals surface area contributed by atoms with Crippen LogP contribution in [0.2, 0.25) is 0 Å². The van der Waals surface area contributed by atoms with Gasteiger partial charge in [-0.05, 0) is 79.2 Å². The second kappa shape index (κ2) is 10.9. The maximum absolute atomic E-state index is 13.4. The van der Waals surface area contributed by atoms with Gasteiger partial charge in [-0.1, -0.05) is 25.0 Å². The van der Waals surface area contributed by atoms with Gasteiger partial charge in [-0.2, -0.15) is 26.3 Å². The number of alkyl halides is 6. The van der Waals surface area contributed by atoms with Crippen molar-refractivity contribution in [3.05, 3.63) is 64.2 Å². The van der Waals surface area contributed by atoms with Gasteiger partial charge in [0.15, 0.2) is 0 Å². The van der Waals surface area contributed by atoms with Crippen molar-refractivity contribution in [2.75, 3.05) is 25.0 Å². The monoisotopic (exact) mass is 583 g/mol. The molecule has 12 heteroatoms. The molecule has 2 heterocycles. The van der Waals surface area contributed by atoms with Crippen LogP contribution in [0.5, 0.6) is 0 Å². The Kier molecular flexibility index (Phi) is 7.84. The Morgan fingerprint density at radius 1 is 1.02 bits per heavy atom. The maximum atomic E-state index is 13.4. The number of fused-ring (bicyclic) bond motifs is 1. The van der Waals surface area contributed by atoms with E-state index in [0.29, 0.717) is 74.6 Å². The van der Waals surface area contributed by atoms with Crippen LogP contribution in [0.15, 0.2) is 36.4 Å². The van der Waals surface area contributed by atoms with Gasteiger partial charge in [0.2, 0.25) is 11.8 Å². The van der Waals surface area contributed by atoms with Crippen LogP contribution in [0.1, 0.15) is 66.0 Å². The molecule has 3 aliphatic rings. The fourth-order valence-corrected chi connectivity index (χ4v) is 5.84. The number of hydrogen-bond acceptors (Lipinski definition) is 4. The van der Waals surface area contributed by atoms with E-state index in [1.807, 2.05) is 11.0 Å². The molecular formula is C29H31F6N3O3. The van der Waals surface area contributed by atoms with Crippen LogP contribution in [-0.4, -0.2) is 41.5 Å². The number of carbonyl (C=O) groups excluding carboxylic acids is 2. The number of hydrogen-bond donors (Lipinski definition) is 3. The van der Waals surface area contributed by atoms with E-state index in [1.54, 1.807) is 12.1 Å². The number of aliphatic hydroxyl groups excluding tert-OH is 1. The van der Waals surface area contributed by atoms with Crippen molar-refractivity contribution in [2.24, 2.45) is 11.3 Å². The largest absolute Gasteiger partial charge is 0.416 e. The third-order valence-corrected chi connectivity index (χ3v) is 8.35. The van der Waals surface area contributed by atoms with Crippen molar-refractivity contribution < 1.29 is 41.0 Å². The zero-order valence-electron chi connectivity index (χ0n) is 22.2. The zero-order valence-corrected chi connectivity index (χ0v) is 22.2. The average Bonchev–Trinajstić information content (AvgIpc) is 3.63. The van der Waals surface area contributed by atoms with Crippen molar-refractivity contribution >= 4 is 17.5 Å². The average molecular weight is 584 g/mol. The number of β-amino-alcohol motifs (C(OH)–C–C–N with tert-alkyl or cyclic N) is 1. The molecule has 0 radical (unpaired) electrons. The number of likely N-dealkylation sites (tertiary alicyclic amines) is 1. The van der Waals surface area contributed by atoms with E-state index >= 15 is 0 Å². The Labute approximate surface area is 233 Å². The number of rotatable bonds is 8. The summed E-state index contributed by atoms with van der Waals surface area (Å²) in [4.78, 5) is 27.1. The summed E-state index contributed by atoms with van der Waals surface area (Å²) in [6.45, 7) is 0.870. The molecule has 0 aromatic heterocycles. The molecule has 6 nitrogen and oxygen atoms in total. The molecule has 1 aliphatic carbocycles. The number of benzene rings is 2. The number of nitrogens with one attached hydrogen (secondary N) is 2. The van der Waals surface area contributed by atoms with Crippen LogP contribution in [0.3, 0.4) is 0 Å². The summed E-state index contributed by atoms with van der Waals surface area (Å²) in [6, 6.07) is 6.71. The maximum Gasteiger partial charge on any atom is 0.416 e. The highest BCUT2D eigenvalue weighted by molar-refractivity contribution is 5.99. The number of halogens is 6. The number of anilines is 1. The van der Waals surface area contributed by atoms with E-state index in [1.165, 1.54) is 0 Å². The van der Waals surface area contributed by atoms with Crippen molar-refractivity contribution in [1.82, 2.24) is 10.2 Å². The number of piperidine rings is 1. The van der Waals surface area contributed by atoms with Crippen molar-refractivity contribution in [3.8, 4) is 0 Å². The second-order valence-electron chi connectivity index (χ2n) is 11.5. The minimum Gasteiger partial charge on any atom is -0.387 e. The predicted molar refractivity (Wildman–Crippen MR) is 137 cm³/mol. The van der Waals surface area contributed by atoms with Gasteiger partial charge in [0.05, 0.1) is 29.1 Å². The van der Waals surface area contributed by atoms with Crippen molar-refractivity contribution in [3.63, 3.8) is 0 Å². The molecule has 1 atom stereocenters. The fraction of sp³-hybridized carbons (Fsp3) is 0.517. The summed E-state index contributed by atoms with van der Waals surface area (Å²) < 4.78 is 79.5. The quantitative estimate of drug-likeness (QED) is 0.361. The lowest BCUT2D eigenvalue weighted by Crippen LogP contribution is -2.49. The lowest BCUT2D eigenvalue weighted by atomic mass is 9.73. The minimum absolute atomic E-state index is 0.0723. The first-order chi connectivity index (χ1) is 19.2. The SMILES string of the molecule is O=C1Cc2ccc(C(O)CN3CCC(CC4CC4)(C(=O)NCc4cc(C(F)(F)F)cc(C(F)(F)F)c4)CC3)cc2N1. The van der Waals surface area contributed by atoms with Gasteiger partial charge >= 0.3 is 12.4 Å². The smallest absolute Gasteiger partial charge is 0.387 e. The minimum atomic E-state index is -4.96. The molecular weight excluding hydrogens is 552 g/mol. The Balaban J connectivity index is 1.23. The molecule has 5 rings (SSSR count). The molecule has 222 valence electrons. The Morgan fingerprint density at radius 3 is 2.24 bits per heavy atom. The number of carbonyl (C=O) groups is 2. The third kappa shape index (κ3) is 6.86. The Hall–Kier alpha value is -3.12. The molecule has 1 saturated heterocycles. The summed E-state index contributed by atoms with van der Waals surface area (Å²) >= 11 is 0. The summed E-state index contributed by atoms with van der Waals surface area (Å²) in [5.74, 6) is -0.100. The summed E-state index contributed by atoms with van der Waals surface area (Å²) in [5.41, 5.74) is -1.66. The number of amides is 2. The Bertz CT molecular complexity index is 1280. The molecule has 2 fully saturated rings. The first-order valence-corrected chi connectivity index (χ1v) is 13.6. The van der Waals surface area contributed by atoms with Crippen LogP contribution in [0.25, 0.3) is 0 Å². The molecule has 2 aliphatic heterocycles. The first kappa shape index (κ1) is 29.4. The van der Waals surface area contributed by atoms with Crippen LogP contribution in [-0.2, 0) is 34.9 Å². The van der Waals surface area contributed by atoms with E-state index in [2.05, 4.69) is 10.6 Å². The summed E-state index contributed by atoms with van der Waals surface area (Å²) in [6.07, 6.45) is -6.94. The molecule has 2 amide bonds. The van der Waals surface area contributed by atoms with Crippen LogP contribution in [0, 0.1) is 11.3 Å². The predicted octanol–water partition coefficient (Wildman–Crippen LogP) is 5.45. The lowest BCUT2D eigenvalue weighted by molar-refractivity contribution is -0.143. The molecule has 41 heavy (non-hydrogen) atoms. The second-order valence-corrected chi connectivity index (χ2v) is 11.5. The van der Waals surface area contributed by atoms with Gasteiger partial charge in [-0.3, -0.25) is 9.59 Å². The van der Waals surface area contributed by atoms with Gasteiger partial charge in [-0.25, -0.2) is 0 Å². The van der Waals surface area contributed by atoms with E-state index < -0.39 is 41.5 Å². The molecule has 3 N–H and O–H groups in total. The fourth-order valence-electron chi connectivity index (χ4n) is 5.84. The van der Waals surface area contributed by atoms with Crippen LogP contribution < -0.4 is 10.6 Å². The third-order valence-electron chi connectivity index (χ3n) is 8.35. The lowest BCUT2D eigenvalue weighted by Gasteiger charge is -2.41. The van der Waals surface area contributed by atoms with E-state index in [4.69, 9.17) is 0 Å². The summed E-state index contributed by atoms with van der Waals surface area (Å²) in [5, 5.41) is 16.2. The molecule has 2 aromatic rings. The molecule has 1 saturated carbocycles. The summed E-state index contributed by atoms with van der Waals surface area (Å²) in [7, 11) is 0. The van der Waals surface area contributed by atoms with Gasteiger partial charge in [0.1, 0.15) is 0 Å². The highest BCUT2D eigenvalue weighted by Gasteiger charge is 2.45. The number of nitrogens with zero attached hydrogens (tertiary/aromatic N) is 1. The van der Waals surface area contributed by atoms with E-state index in [-0.39, 0.29) is 23.4 Å². The highest BCUT2D eigenvalue weighted by Crippen LogP contribution is 2.46.